The molecule has 1 aromatic heterocycles. The molecule has 4 rings (SSSR count). The number of benzene rings is 2. The van der Waals surface area contributed by atoms with Crippen molar-refractivity contribution in [1.82, 2.24) is 4.98 Å². The van der Waals surface area contributed by atoms with E-state index in [0.29, 0.717) is 16.9 Å². The van der Waals surface area contributed by atoms with Crippen LogP contribution < -0.4 is 4.90 Å². The summed E-state index contributed by atoms with van der Waals surface area (Å²) in [6, 6.07) is 16.5. The lowest BCUT2D eigenvalue weighted by Crippen LogP contribution is -2.24. The zero-order chi connectivity index (χ0) is 14.4. The van der Waals surface area contributed by atoms with Crippen molar-refractivity contribution in [1.29, 1.82) is 0 Å². The topological polar surface area (TPSA) is 50.3 Å². The van der Waals surface area contributed by atoms with Crippen molar-refractivity contribution in [2.24, 2.45) is 0 Å². The SMILES string of the molecule is O=C1C(=O)N(c2cnc3ccccc3c2)c2ccccc21. The summed E-state index contributed by atoms with van der Waals surface area (Å²) in [4.78, 5) is 30.1. The molecule has 1 amide bonds. The number of para-hydroxylation sites is 2. The smallest absolute Gasteiger partial charge is 0.283 e. The molecule has 0 unspecified atom stereocenters. The van der Waals surface area contributed by atoms with Gasteiger partial charge in [-0.2, -0.15) is 0 Å². The maximum absolute atomic E-state index is 12.2. The number of ketones is 1. The summed E-state index contributed by atoms with van der Waals surface area (Å²) in [7, 11) is 0. The number of nitrogens with zero attached hydrogens (tertiary/aromatic N) is 2. The zero-order valence-electron chi connectivity index (χ0n) is 11.0. The van der Waals surface area contributed by atoms with Crippen LogP contribution in [0.25, 0.3) is 10.9 Å². The van der Waals surface area contributed by atoms with Crippen LogP contribution in [0, 0.1) is 0 Å². The molecule has 0 bridgehead atoms. The van der Waals surface area contributed by atoms with E-state index >= 15 is 0 Å². The number of aromatic nitrogens is 1. The third-order valence-electron chi connectivity index (χ3n) is 3.62. The van der Waals surface area contributed by atoms with E-state index in [9.17, 15) is 9.59 Å². The molecule has 0 atom stereocenters. The molecule has 21 heavy (non-hydrogen) atoms. The largest absolute Gasteiger partial charge is 0.304 e. The van der Waals surface area contributed by atoms with E-state index in [0.717, 1.165) is 10.9 Å². The Morgan fingerprint density at radius 1 is 0.905 bits per heavy atom. The van der Waals surface area contributed by atoms with E-state index < -0.39 is 11.7 Å². The van der Waals surface area contributed by atoms with Crippen molar-refractivity contribution in [3.05, 3.63) is 66.4 Å². The highest BCUT2D eigenvalue weighted by atomic mass is 16.2. The van der Waals surface area contributed by atoms with Crippen molar-refractivity contribution >= 4 is 34.0 Å². The first-order valence-electron chi connectivity index (χ1n) is 6.58. The van der Waals surface area contributed by atoms with Crippen molar-refractivity contribution in [3.8, 4) is 0 Å². The molecule has 0 N–H and O–H groups in total. The standard InChI is InChI=1S/C17H10N2O2/c20-16-13-6-2-4-8-15(13)19(17(16)21)12-9-11-5-1-3-7-14(11)18-10-12/h1-10H. The minimum atomic E-state index is -0.534. The summed E-state index contributed by atoms with van der Waals surface area (Å²) in [5.74, 6) is -1.01. The first-order chi connectivity index (χ1) is 10.3. The Hall–Kier alpha value is -3.01. The number of carbonyl (C=O) groups excluding carboxylic acids is 2. The molecule has 4 heteroatoms. The number of hydrogen-bond donors (Lipinski definition) is 0. The van der Waals surface area contributed by atoms with Crippen molar-refractivity contribution < 1.29 is 9.59 Å². The molecule has 0 radical (unpaired) electrons. The highest BCUT2D eigenvalue weighted by Crippen LogP contribution is 2.35. The number of pyridine rings is 1. The molecule has 0 saturated heterocycles. The second kappa shape index (κ2) is 4.24. The normalized spacial score (nSPS) is 13.8. The van der Waals surface area contributed by atoms with Gasteiger partial charge in [-0.25, -0.2) is 0 Å². The molecule has 0 saturated carbocycles. The van der Waals surface area contributed by atoms with Crippen molar-refractivity contribution in [3.63, 3.8) is 0 Å². The van der Waals surface area contributed by atoms with Crippen LogP contribution in [0.4, 0.5) is 11.4 Å². The van der Waals surface area contributed by atoms with Crippen LogP contribution in [-0.4, -0.2) is 16.7 Å². The Balaban J connectivity index is 1.92. The van der Waals surface area contributed by atoms with Gasteiger partial charge in [-0.05, 0) is 24.3 Å². The first-order valence-corrected chi connectivity index (χ1v) is 6.58. The summed E-state index contributed by atoms with van der Waals surface area (Å²) >= 11 is 0. The minimum Gasteiger partial charge on any atom is -0.283 e. The van der Waals surface area contributed by atoms with Gasteiger partial charge in [0.15, 0.2) is 0 Å². The Kier molecular flexibility index (Phi) is 2.38. The van der Waals surface area contributed by atoms with Gasteiger partial charge in [0.2, 0.25) is 0 Å². The molecular formula is C17H10N2O2. The highest BCUT2D eigenvalue weighted by molar-refractivity contribution is 6.53. The number of Topliss-reactive ketones (excluding diaryl/α,β-unsaturated/α-hetero) is 1. The number of fused-ring (bicyclic) bond motifs is 2. The molecule has 0 aliphatic carbocycles. The average molecular weight is 274 g/mol. The highest BCUT2D eigenvalue weighted by Gasteiger charge is 2.36. The van der Waals surface area contributed by atoms with Gasteiger partial charge in [0, 0.05) is 5.39 Å². The molecule has 2 aromatic carbocycles. The molecule has 100 valence electrons. The Morgan fingerprint density at radius 3 is 2.57 bits per heavy atom. The summed E-state index contributed by atoms with van der Waals surface area (Å²) in [6.45, 7) is 0. The Labute approximate surface area is 120 Å². The maximum atomic E-state index is 12.2. The van der Waals surface area contributed by atoms with Gasteiger partial charge in [-0.3, -0.25) is 19.5 Å². The number of hydrogen-bond acceptors (Lipinski definition) is 3. The van der Waals surface area contributed by atoms with E-state index in [1.807, 2.05) is 36.4 Å². The van der Waals surface area contributed by atoms with Gasteiger partial charge < -0.3 is 0 Å². The van der Waals surface area contributed by atoms with Crippen LogP contribution in [0.15, 0.2) is 60.8 Å². The van der Waals surface area contributed by atoms with Crippen LogP contribution in [0.3, 0.4) is 0 Å². The van der Waals surface area contributed by atoms with Gasteiger partial charge in [0.05, 0.1) is 28.7 Å². The molecule has 0 fully saturated rings. The van der Waals surface area contributed by atoms with Gasteiger partial charge in [0.25, 0.3) is 5.78 Å². The minimum absolute atomic E-state index is 0.440. The molecule has 1 aliphatic rings. The van der Waals surface area contributed by atoms with E-state index in [1.54, 1.807) is 24.4 Å². The van der Waals surface area contributed by atoms with E-state index in [-0.39, 0.29) is 0 Å². The summed E-state index contributed by atoms with van der Waals surface area (Å²) < 4.78 is 0. The van der Waals surface area contributed by atoms with Gasteiger partial charge in [0.1, 0.15) is 0 Å². The van der Waals surface area contributed by atoms with Crippen LogP contribution in [0.5, 0.6) is 0 Å². The molecule has 3 aromatic rings. The Morgan fingerprint density at radius 2 is 1.67 bits per heavy atom. The second-order valence-electron chi connectivity index (χ2n) is 4.87. The lowest BCUT2D eigenvalue weighted by Gasteiger charge is -2.16. The third kappa shape index (κ3) is 1.66. The predicted molar refractivity (Wildman–Crippen MR) is 79.7 cm³/mol. The van der Waals surface area contributed by atoms with E-state index in [2.05, 4.69) is 4.98 Å². The van der Waals surface area contributed by atoms with Gasteiger partial charge in [-0.1, -0.05) is 30.3 Å². The fourth-order valence-electron chi connectivity index (χ4n) is 2.62. The molecule has 1 aliphatic heterocycles. The fourth-order valence-corrected chi connectivity index (χ4v) is 2.62. The summed E-state index contributed by atoms with van der Waals surface area (Å²) in [5.41, 5.74) is 2.52. The number of amides is 1. The van der Waals surface area contributed by atoms with Gasteiger partial charge >= 0.3 is 5.91 Å². The second-order valence-corrected chi connectivity index (χ2v) is 4.87. The number of anilines is 2. The summed E-state index contributed by atoms with van der Waals surface area (Å²) in [6.07, 6.45) is 1.62. The predicted octanol–water partition coefficient (Wildman–Crippen LogP) is 3.10. The third-order valence-corrected chi connectivity index (χ3v) is 3.62. The van der Waals surface area contributed by atoms with Gasteiger partial charge in [-0.15, -0.1) is 0 Å². The van der Waals surface area contributed by atoms with E-state index in [4.69, 9.17) is 0 Å². The van der Waals surface area contributed by atoms with Crippen molar-refractivity contribution in [2.75, 3.05) is 4.90 Å². The van der Waals surface area contributed by atoms with Crippen molar-refractivity contribution in [2.45, 2.75) is 0 Å². The molecule has 2 heterocycles. The molecular weight excluding hydrogens is 264 g/mol. The van der Waals surface area contributed by atoms with Crippen LogP contribution in [-0.2, 0) is 4.79 Å². The molecule has 0 spiro atoms. The summed E-state index contributed by atoms with van der Waals surface area (Å²) in [5, 5.41) is 0.930. The monoisotopic (exact) mass is 274 g/mol. The van der Waals surface area contributed by atoms with E-state index in [1.165, 1.54) is 4.90 Å². The fraction of sp³-hybridized carbons (Fsp3) is 0. The lowest BCUT2D eigenvalue weighted by molar-refractivity contribution is -0.113. The van der Waals surface area contributed by atoms with Crippen LogP contribution in [0.2, 0.25) is 0 Å². The zero-order valence-corrected chi connectivity index (χ0v) is 11.0. The van der Waals surface area contributed by atoms with Crippen LogP contribution >= 0.6 is 0 Å². The average Bonchev–Trinajstić information content (AvgIpc) is 2.79. The lowest BCUT2D eigenvalue weighted by atomic mass is 10.1. The quantitative estimate of drug-likeness (QED) is 0.641. The number of carbonyl (C=O) groups is 2. The number of rotatable bonds is 1. The first kappa shape index (κ1) is 11.8. The Bertz CT molecular complexity index is 902. The molecule has 4 nitrogen and oxygen atoms in total. The van der Waals surface area contributed by atoms with Crippen LogP contribution in [0.1, 0.15) is 10.4 Å². The maximum Gasteiger partial charge on any atom is 0.304 e.